The van der Waals surface area contributed by atoms with E-state index in [1.807, 2.05) is 23.4 Å². The van der Waals surface area contributed by atoms with E-state index in [9.17, 15) is 4.79 Å². The Bertz CT molecular complexity index is 571. The number of carboxylic acids is 1. The largest absolute Gasteiger partial charge is 0.478 e. The first-order chi connectivity index (χ1) is 8.58. The molecule has 0 unspecified atom stereocenters. The van der Waals surface area contributed by atoms with Gasteiger partial charge in [0, 0.05) is 19.8 Å². The van der Waals surface area contributed by atoms with Crippen molar-refractivity contribution in [2.24, 2.45) is 0 Å². The van der Waals surface area contributed by atoms with Crippen LogP contribution in [0.5, 0.6) is 0 Å². The molecule has 0 aliphatic rings. The van der Waals surface area contributed by atoms with E-state index in [-0.39, 0.29) is 5.56 Å². The van der Waals surface area contributed by atoms with Crippen molar-refractivity contribution >= 4 is 39.1 Å². The van der Waals surface area contributed by atoms with Crippen molar-refractivity contribution in [3.8, 4) is 0 Å². The number of hydrogen-bond acceptors (Lipinski definition) is 4. The van der Waals surface area contributed by atoms with Gasteiger partial charge >= 0.3 is 5.97 Å². The predicted octanol–water partition coefficient (Wildman–Crippen LogP) is 3.24. The van der Waals surface area contributed by atoms with Crippen molar-refractivity contribution in [2.75, 3.05) is 11.9 Å². The first-order valence-electron chi connectivity index (χ1n) is 5.20. The van der Waals surface area contributed by atoms with Crippen molar-refractivity contribution < 1.29 is 9.90 Å². The minimum Gasteiger partial charge on any atom is -0.478 e. The lowest BCUT2D eigenvalue weighted by Crippen LogP contribution is -2.20. The molecule has 0 aromatic carbocycles. The van der Waals surface area contributed by atoms with Crippen LogP contribution >= 0.6 is 27.3 Å². The second-order valence-electron chi connectivity index (χ2n) is 3.79. The van der Waals surface area contributed by atoms with Gasteiger partial charge in [0.15, 0.2) is 0 Å². The first kappa shape index (κ1) is 13.0. The summed E-state index contributed by atoms with van der Waals surface area (Å²) in [6.45, 7) is 0.624. The fourth-order valence-corrected chi connectivity index (χ4v) is 2.85. The lowest BCUT2D eigenvalue weighted by atomic mass is 10.2. The molecular weight excluding hydrogens is 316 g/mol. The van der Waals surface area contributed by atoms with E-state index in [0.29, 0.717) is 12.4 Å². The van der Waals surface area contributed by atoms with Crippen molar-refractivity contribution in [1.82, 2.24) is 4.98 Å². The zero-order valence-electron chi connectivity index (χ0n) is 9.63. The Labute approximate surface area is 117 Å². The molecule has 0 bridgehead atoms. The fraction of sp³-hybridized carbons (Fsp3) is 0.167. The smallest absolute Gasteiger partial charge is 0.339 e. The number of aromatic nitrogens is 1. The summed E-state index contributed by atoms with van der Waals surface area (Å²) < 4.78 is 1.06. The van der Waals surface area contributed by atoms with Crippen LogP contribution in [0, 0.1) is 0 Å². The maximum absolute atomic E-state index is 11.1. The zero-order valence-corrected chi connectivity index (χ0v) is 12.0. The molecule has 6 heteroatoms. The van der Waals surface area contributed by atoms with Gasteiger partial charge < -0.3 is 10.0 Å². The maximum Gasteiger partial charge on any atom is 0.339 e. The molecule has 0 atom stereocenters. The summed E-state index contributed by atoms with van der Waals surface area (Å²) in [5.41, 5.74) is 1.34. The number of thiophene rings is 1. The van der Waals surface area contributed by atoms with E-state index in [1.54, 1.807) is 29.7 Å². The van der Waals surface area contributed by atoms with Crippen LogP contribution in [0.3, 0.4) is 0 Å². The molecule has 18 heavy (non-hydrogen) atoms. The van der Waals surface area contributed by atoms with Gasteiger partial charge in [-0.2, -0.15) is 0 Å². The molecule has 0 aliphatic heterocycles. The molecule has 2 heterocycles. The Kier molecular flexibility index (Phi) is 3.98. The fourth-order valence-electron chi connectivity index (χ4n) is 1.65. The molecular formula is C12H11BrN2O2S. The summed E-state index contributed by atoms with van der Waals surface area (Å²) >= 11 is 5.01. The molecule has 0 fully saturated rings. The average molecular weight is 327 g/mol. The molecule has 0 spiro atoms. The Balaban J connectivity index is 2.23. The van der Waals surface area contributed by atoms with Crippen LogP contribution in [-0.4, -0.2) is 23.1 Å². The van der Waals surface area contributed by atoms with Crippen LogP contribution in [0.15, 0.2) is 33.6 Å². The zero-order chi connectivity index (χ0) is 13.1. The predicted molar refractivity (Wildman–Crippen MR) is 75.3 cm³/mol. The molecule has 2 rings (SSSR count). The minimum atomic E-state index is -0.962. The van der Waals surface area contributed by atoms with Gasteiger partial charge in [0.2, 0.25) is 0 Å². The number of hydrogen-bond donors (Lipinski definition) is 1. The molecule has 0 amide bonds. The molecule has 94 valence electrons. The van der Waals surface area contributed by atoms with Gasteiger partial charge in [-0.15, -0.1) is 11.3 Å². The molecule has 0 radical (unpaired) electrons. The third-order valence-electron chi connectivity index (χ3n) is 2.42. The number of nitrogens with zero attached hydrogens (tertiary/aromatic N) is 2. The van der Waals surface area contributed by atoms with Crippen molar-refractivity contribution in [3.63, 3.8) is 0 Å². The van der Waals surface area contributed by atoms with Gasteiger partial charge in [-0.3, -0.25) is 0 Å². The second-order valence-corrected chi connectivity index (χ2v) is 6.09. The Hall–Kier alpha value is -1.40. The summed E-state index contributed by atoms with van der Waals surface area (Å²) in [6.07, 6.45) is 1.60. The minimum absolute atomic E-state index is 0.217. The molecule has 0 saturated carbocycles. The maximum atomic E-state index is 11.1. The lowest BCUT2D eigenvalue weighted by Gasteiger charge is -2.19. The van der Waals surface area contributed by atoms with Gasteiger partial charge in [-0.05, 0) is 45.1 Å². The first-order valence-corrected chi connectivity index (χ1v) is 6.87. The molecule has 2 aromatic rings. The highest BCUT2D eigenvalue weighted by Gasteiger charge is 2.14. The molecule has 4 nitrogen and oxygen atoms in total. The molecule has 0 saturated heterocycles. The van der Waals surface area contributed by atoms with Crippen molar-refractivity contribution in [2.45, 2.75) is 6.54 Å². The topological polar surface area (TPSA) is 53.4 Å². The average Bonchev–Trinajstić information content (AvgIpc) is 2.74. The summed E-state index contributed by atoms with van der Waals surface area (Å²) in [4.78, 5) is 17.1. The van der Waals surface area contributed by atoms with Crippen LogP contribution in [-0.2, 0) is 6.54 Å². The van der Waals surface area contributed by atoms with Gasteiger partial charge in [-0.1, -0.05) is 0 Å². The molecule has 1 N–H and O–H groups in total. The summed E-state index contributed by atoms with van der Waals surface area (Å²) in [5.74, 6) is -0.483. The highest BCUT2D eigenvalue weighted by molar-refractivity contribution is 9.11. The molecule has 2 aromatic heterocycles. The quantitative estimate of drug-likeness (QED) is 0.937. The number of halogens is 1. The van der Waals surface area contributed by atoms with E-state index in [0.717, 1.165) is 9.35 Å². The number of carbonyl (C=O) groups is 1. The van der Waals surface area contributed by atoms with Crippen molar-refractivity contribution in [3.05, 3.63) is 44.7 Å². The van der Waals surface area contributed by atoms with Gasteiger partial charge in [-0.25, -0.2) is 9.78 Å². The number of pyridine rings is 1. The number of carboxylic acid groups (broad SMARTS) is 1. The van der Waals surface area contributed by atoms with E-state index in [1.165, 1.54) is 0 Å². The Morgan fingerprint density at radius 1 is 1.61 bits per heavy atom. The van der Waals surface area contributed by atoms with E-state index < -0.39 is 5.97 Å². The molecule has 0 aliphatic carbocycles. The van der Waals surface area contributed by atoms with Crippen LogP contribution in [0.25, 0.3) is 0 Å². The standard InChI is InChI=1S/C12H11BrN2O2S/c1-15(6-8-5-10(13)18-7-8)11-9(12(16)17)3-2-4-14-11/h2-5,7H,6H2,1H3,(H,16,17). The summed E-state index contributed by atoms with van der Waals surface area (Å²) in [7, 11) is 1.83. The highest BCUT2D eigenvalue weighted by Crippen LogP contribution is 2.24. The van der Waals surface area contributed by atoms with Crippen LogP contribution in [0.1, 0.15) is 15.9 Å². The van der Waals surface area contributed by atoms with Crippen LogP contribution in [0.2, 0.25) is 0 Å². The third kappa shape index (κ3) is 2.88. The Morgan fingerprint density at radius 2 is 2.39 bits per heavy atom. The second kappa shape index (κ2) is 5.49. The van der Waals surface area contributed by atoms with Crippen LogP contribution in [0.4, 0.5) is 5.82 Å². The highest BCUT2D eigenvalue weighted by atomic mass is 79.9. The van der Waals surface area contributed by atoms with Crippen LogP contribution < -0.4 is 4.90 Å². The van der Waals surface area contributed by atoms with E-state index in [4.69, 9.17) is 5.11 Å². The monoisotopic (exact) mass is 326 g/mol. The van der Waals surface area contributed by atoms with Crippen molar-refractivity contribution in [1.29, 1.82) is 0 Å². The summed E-state index contributed by atoms with van der Waals surface area (Å²) in [5, 5.41) is 11.1. The van der Waals surface area contributed by atoms with E-state index in [2.05, 4.69) is 20.9 Å². The SMILES string of the molecule is CN(Cc1csc(Br)c1)c1ncccc1C(=O)O. The lowest BCUT2D eigenvalue weighted by molar-refractivity contribution is 0.0697. The number of anilines is 1. The van der Waals surface area contributed by atoms with E-state index >= 15 is 0 Å². The van der Waals surface area contributed by atoms with Gasteiger partial charge in [0.05, 0.1) is 3.79 Å². The number of aromatic carboxylic acids is 1. The third-order valence-corrected chi connectivity index (χ3v) is 3.97. The van der Waals surface area contributed by atoms with Gasteiger partial charge in [0.25, 0.3) is 0 Å². The summed E-state index contributed by atoms with van der Waals surface area (Å²) in [6, 6.07) is 5.21. The van der Waals surface area contributed by atoms with Gasteiger partial charge in [0.1, 0.15) is 11.4 Å². The number of rotatable bonds is 4. The Morgan fingerprint density at radius 3 is 3.00 bits per heavy atom. The normalized spacial score (nSPS) is 10.3.